The fourth-order valence-electron chi connectivity index (χ4n) is 2.73. The van der Waals surface area contributed by atoms with Crippen LogP contribution in [0.2, 0.25) is 0 Å². The van der Waals surface area contributed by atoms with Crippen molar-refractivity contribution in [1.82, 2.24) is 20.3 Å². The van der Waals surface area contributed by atoms with Crippen molar-refractivity contribution < 1.29 is 4.79 Å². The van der Waals surface area contributed by atoms with Gasteiger partial charge in [-0.15, -0.1) is 0 Å². The summed E-state index contributed by atoms with van der Waals surface area (Å²) in [5.74, 6) is 0.568. The number of nitrogens with one attached hydrogen (secondary N) is 2. The Morgan fingerprint density at radius 1 is 1.03 bits per heavy atom. The van der Waals surface area contributed by atoms with E-state index in [1.54, 1.807) is 36.4 Å². The molecule has 0 aliphatic heterocycles. The number of benzene rings is 1. The van der Waals surface area contributed by atoms with Crippen molar-refractivity contribution in [2.24, 2.45) is 0 Å². The zero-order chi connectivity index (χ0) is 21.5. The Kier molecular flexibility index (Phi) is 7.29. The average Bonchev–Trinajstić information content (AvgIpc) is 3.21. The minimum atomic E-state index is -0.181. The maximum atomic E-state index is 12.5. The number of thiazole rings is 1. The highest BCUT2D eigenvalue weighted by atomic mass is 79.9. The molecule has 0 saturated carbocycles. The van der Waals surface area contributed by atoms with Crippen molar-refractivity contribution in [3.8, 4) is 0 Å². The van der Waals surface area contributed by atoms with Gasteiger partial charge in [-0.25, -0.2) is 9.97 Å². The Morgan fingerprint density at radius 2 is 1.97 bits per heavy atom. The molecule has 2 N–H and O–H groups in total. The summed E-state index contributed by atoms with van der Waals surface area (Å²) in [6.07, 6.45) is 5.94. The van der Waals surface area contributed by atoms with Crippen molar-refractivity contribution in [3.05, 3.63) is 88.9 Å². The number of hydrogen-bond acceptors (Lipinski definition) is 7. The third-order valence-electron chi connectivity index (χ3n) is 4.16. The molecule has 4 aromatic rings. The van der Waals surface area contributed by atoms with Crippen molar-refractivity contribution >= 4 is 55.9 Å². The molecule has 0 unspecified atom stereocenters. The highest BCUT2D eigenvalue weighted by Crippen LogP contribution is 2.34. The van der Waals surface area contributed by atoms with E-state index < -0.39 is 0 Å². The van der Waals surface area contributed by atoms with E-state index in [2.05, 4.69) is 41.5 Å². The number of anilines is 2. The average molecular weight is 512 g/mol. The van der Waals surface area contributed by atoms with E-state index in [1.165, 1.54) is 11.3 Å². The van der Waals surface area contributed by atoms with Crippen molar-refractivity contribution in [2.75, 3.05) is 11.9 Å². The van der Waals surface area contributed by atoms with Crippen LogP contribution in [-0.2, 0) is 6.42 Å². The van der Waals surface area contributed by atoms with Crippen molar-refractivity contribution in [1.29, 1.82) is 0 Å². The molecular formula is C22H18BrN5OS2. The fraction of sp³-hybridized carbons (Fsp3) is 0.0909. The molecular weight excluding hydrogens is 494 g/mol. The molecule has 3 heterocycles. The summed E-state index contributed by atoms with van der Waals surface area (Å²) in [5, 5.41) is 6.88. The minimum Gasteiger partial charge on any atom is -0.350 e. The lowest BCUT2D eigenvalue weighted by atomic mass is 10.1. The lowest BCUT2D eigenvalue weighted by Crippen LogP contribution is -2.26. The van der Waals surface area contributed by atoms with Gasteiger partial charge in [-0.2, -0.15) is 0 Å². The molecule has 1 aromatic carbocycles. The van der Waals surface area contributed by atoms with Gasteiger partial charge < -0.3 is 10.6 Å². The van der Waals surface area contributed by atoms with Gasteiger partial charge in [-0.3, -0.25) is 9.78 Å². The fourth-order valence-corrected chi connectivity index (χ4v) is 5.06. The molecule has 0 fully saturated rings. The first-order valence-corrected chi connectivity index (χ1v) is 11.9. The van der Waals surface area contributed by atoms with Crippen LogP contribution >= 0.6 is 39.0 Å². The van der Waals surface area contributed by atoms with E-state index in [9.17, 15) is 4.79 Å². The number of carbonyl (C=O) groups excluding carboxylic acids is 1. The van der Waals surface area contributed by atoms with Crippen LogP contribution in [0.4, 0.5) is 10.9 Å². The number of aromatic nitrogens is 3. The van der Waals surface area contributed by atoms with E-state index in [4.69, 9.17) is 0 Å². The molecule has 31 heavy (non-hydrogen) atoms. The van der Waals surface area contributed by atoms with E-state index in [-0.39, 0.29) is 5.91 Å². The van der Waals surface area contributed by atoms with Gasteiger partial charge in [0.1, 0.15) is 11.5 Å². The Balaban J connectivity index is 1.33. The van der Waals surface area contributed by atoms with Crippen LogP contribution < -0.4 is 10.6 Å². The molecule has 0 radical (unpaired) electrons. The Hall–Kier alpha value is -2.75. The lowest BCUT2D eigenvalue weighted by molar-refractivity contribution is 0.0949. The monoisotopic (exact) mass is 511 g/mol. The maximum Gasteiger partial charge on any atom is 0.269 e. The second-order valence-electron chi connectivity index (χ2n) is 6.44. The highest BCUT2D eigenvalue weighted by Gasteiger charge is 2.10. The van der Waals surface area contributed by atoms with Gasteiger partial charge in [0.2, 0.25) is 0 Å². The number of amides is 1. The standard InChI is InChI=1S/C22H18BrN5OS2/c23-16-5-3-4-15(12-16)7-10-26-21(29)18-13-17(8-11-24-18)30-20-14-27-22(31-20)28-19-6-1-2-9-25-19/h1-6,8-9,11-14H,7,10H2,(H,26,29)(H,25,27,28). The van der Waals surface area contributed by atoms with Crippen LogP contribution in [0.15, 0.2) is 86.8 Å². The molecule has 6 nitrogen and oxygen atoms in total. The number of hydrogen-bond donors (Lipinski definition) is 2. The summed E-state index contributed by atoms with van der Waals surface area (Å²) >= 11 is 6.53. The predicted molar refractivity (Wildman–Crippen MR) is 128 cm³/mol. The Labute approximate surface area is 196 Å². The summed E-state index contributed by atoms with van der Waals surface area (Å²) in [7, 11) is 0. The highest BCUT2D eigenvalue weighted by molar-refractivity contribution is 9.10. The predicted octanol–water partition coefficient (Wildman–Crippen LogP) is 5.56. The molecule has 156 valence electrons. The number of pyridine rings is 2. The van der Waals surface area contributed by atoms with Crippen LogP contribution in [0.1, 0.15) is 16.1 Å². The van der Waals surface area contributed by atoms with Crippen LogP contribution in [-0.4, -0.2) is 27.4 Å². The maximum absolute atomic E-state index is 12.5. The van der Waals surface area contributed by atoms with Crippen LogP contribution in [0, 0.1) is 0 Å². The normalized spacial score (nSPS) is 10.6. The second-order valence-corrected chi connectivity index (χ2v) is 9.76. The zero-order valence-electron chi connectivity index (χ0n) is 16.3. The van der Waals surface area contributed by atoms with E-state index >= 15 is 0 Å². The van der Waals surface area contributed by atoms with Crippen LogP contribution in [0.25, 0.3) is 0 Å². The number of rotatable bonds is 8. The molecule has 1 amide bonds. The summed E-state index contributed by atoms with van der Waals surface area (Å²) in [5.41, 5.74) is 1.56. The molecule has 3 aromatic heterocycles. The van der Waals surface area contributed by atoms with Gasteiger partial charge in [0.25, 0.3) is 5.91 Å². The first-order chi connectivity index (χ1) is 15.2. The molecule has 0 aliphatic carbocycles. The largest absolute Gasteiger partial charge is 0.350 e. The van der Waals surface area contributed by atoms with E-state index in [0.29, 0.717) is 12.2 Å². The molecule has 0 atom stereocenters. The molecule has 0 spiro atoms. The van der Waals surface area contributed by atoms with Gasteiger partial charge in [0.15, 0.2) is 5.13 Å². The summed E-state index contributed by atoms with van der Waals surface area (Å²) in [6.45, 7) is 0.547. The first-order valence-electron chi connectivity index (χ1n) is 9.46. The van der Waals surface area contributed by atoms with Gasteiger partial charge in [-0.1, -0.05) is 57.2 Å². The minimum absolute atomic E-state index is 0.181. The van der Waals surface area contributed by atoms with Gasteiger partial charge in [0.05, 0.1) is 10.4 Å². The SMILES string of the molecule is O=C(NCCc1cccc(Br)c1)c1cc(Sc2cnc(Nc3ccccn3)s2)ccn1. The van der Waals surface area contributed by atoms with E-state index in [0.717, 1.165) is 36.5 Å². The van der Waals surface area contributed by atoms with Crippen molar-refractivity contribution in [3.63, 3.8) is 0 Å². The Bertz CT molecular complexity index is 1170. The number of nitrogens with zero attached hydrogens (tertiary/aromatic N) is 3. The quantitative estimate of drug-likeness (QED) is 0.322. The second kappa shape index (κ2) is 10.5. The smallest absolute Gasteiger partial charge is 0.269 e. The molecule has 4 rings (SSSR count). The molecule has 0 saturated heterocycles. The lowest BCUT2D eigenvalue weighted by Gasteiger charge is -2.06. The first kappa shape index (κ1) is 21.5. The summed E-state index contributed by atoms with van der Waals surface area (Å²) < 4.78 is 2.04. The van der Waals surface area contributed by atoms with Crippen LogP contribution in [0.5, 0.6) is 0 Å². The van der Waals surface area contributed by atoms with Crippen molar-refractivity contribution in [2.45, 2.75) is 15.5 Å². The Morgan fingerprint density at radius 3 is 2.81 bits per heavy atom. The van der Waals surface area contributed by atoms with E-state index in [1.807, 2.05) is 48.5 Å². The van der Waals surface area contributed by atoms with Crippen LogP contribution in [0.3, 0.4) is 0 Å². The summed E-state index contributed by atoms with van der Waals surface area (Å²) in [6, 6.07) is 17.4. The number of halogens is 1. The topological polar surface area (TPSA) is 79.8 Å². The van der Waals surface area contributed by atoms with Gasteiger partial charge in [-0.05, 0) is 48.4 Å². The van der Waals surface area contributed by atoms with Gasteiger partial charge >= 0.3 is 0 Å². The zero-order valence-corrected chi connectivity index (χ0v) is 19.5. The molecule has 0 aliphatic rings. The van der Waals surface area contributed by atoms with Gasteiger partial charge in [0, 0.05) is 28.3 Å². The third kappa shape index (κ3) is 6.36. The number of carbonyl (C=O) groups is 1. The molecule has 0 bridgehead atoms. The molecule has 9 heteroatoms. The third-order valence-corrected chi connectivity index (χ3v) is 6.65. The summed E-state index contributed by atoms with van der Waals surface area (Å²) in [4.78, 5) is 26.3.